The van der Waals surface area contributed by atoms with Crippen LogP contribution in [0, 0.1) is 11.6 Å². The van der Waals surface area contributed by atoms with Crippen molar-refractivity contribution in [2.75, 3.05) is 5.32 Å². The van der Waals surface area contributed by atoms with Gasteiger partial charge in [-0.2, -0.15) is 0 Å². The van der Waals surface area contributed by atoms with Crippen LogP contribution in [0.1, 0.15) is 11.1 Å². The van der Waals surface area contributed by atoms with Gasteiger partial charge in [0, 0.05) is 17.8 Å². The summed E-state index contributed by atoms with van der Waals surface area (Å²) in [6.45, 7) is 0.478. The molecule has 0 atom stereocenters. The average Bonchev–Trinajstić information content (AvgIpc) is 2.37. The molecule has 0 aliphatic rings. The average molecular weight is 278 g/mol. The molecule has 0 saturated heterocycles. The highest BCUT2D eigenvalue weighted by atomic mass is 32.1. The van der Waals surface area contributed by atoms with Crippen LogP contribution < -0.4 is 11.1 Å². The Balaban J connectivity index is 2.06. The summed E-state index contributed by atoms with van der Waals surface area (Å²) in [6.07, 6.45) is 0. The van der Waals surface area contributed by atoms with Crippen molar-refractivity contribution >= 4 is 22.9 Å². The smallest absolute Gasteiger partial charge is 0.135 e. The predicted molar refractivity (Wildman–Crippen MR) is 76.0 cm³/mol. The fourth-order valence-corrected chi connectivity index (χ4v) is 1.80. The Morgan fingerprint density at radius 2 is 1.79 bits per heavy atom. The maximum absolute atomic E-state index is 13.6. The summed E-state index contributed by atoms with van der Waals surface area (Å²) in [4.78, 5) is 0.0302. The lowest BCUT2D eigenvalue weighted by Crippen LogP contribution is -2.12. The number of nitrogens with two attached hydrogens (primary N) is 1. The first-order valence-corrected chi connectivity index (χ1v) is 6.05. The molecule has 0 heterocycles. The summed E-state index contributed by atoms with van der Waals surface area (Å²) in [7, 11) is 0. The summed E-state index contributed by atoms with van der Waals surface area (Å²) in [5.41, 5.74) is 7.12. The van der Waals surface area contributed by atoms with Crippen LogP contribution in [-0.4, -0.2) is 4.99 Å². The lowest BCUT2D eigenvalue weighted by atomic mass is 10.1. The molecule has 0 radical (unpaired) electrons. The van der Waals surface area contributed by atoms with E-state index in [1.54, 1.807) is 18.2 Å². The predicted octanol–water partition coefficient (Wildman–Crippen LogP) is 3.21. The van der Waals surface area contributed by atoms with Crippen molar-refractivity contribution in [3.63, 3.8) is 0 Å². The van der Waals surface area contributed by atoms with Gasteiger partial charge in [0.2, 0.25) is 0 Å². The fourth-order valence-electron chi connectivity index (χ4n) is 1.63. The lowest BCUT2D eigenvalue weighted by Gasteiger charge is -2.08. The van der Waals surface area contributed by atoms with Crippen LogP contribution >= 0.6 is 12.2 Å². The zero-order valence-electron chi connectivity index (χ0n) is 9.99. The highest BCUT2D eigenvalue weighted by Crippen LogP contribution is 2.15. The molecule has 0 aliphatic heterocycles. The third kappa shape index (κ3) is 3.48. The van der Waals surface area contributed by atoms with E-state index < -0.39 is 5.82 Å². The molecule has 0 spiro atoms. The van der Waals surface area contributed by atoms with Crippen molar-refractivity contribution in [3.8, 4) is 0 Å². The molecule has 2 aromatic rings. The van der Waals surface area contributed by atoms with Crippen LogP contribution in [0.3, 0.4) is 0 Å². The van der Waals surface area contributed by atoms with Crippen molar-refractivity contribution in [3.05, 3.63) is 65.2 Å². The van der Waals surface area contributed by atoms with E-state index in [-0.39, 0.29) is 16.4 Å². The van der Waals surface area contributed by atoms with Crippen LogP contribution in [0.4, 0.5) is 14.5 Å². The number of anilines is 1. The van der Waals surface area contributed by atoms with Gasteiger partial charge in [0.15, 0.2) is 0 Å². The molecule has 2 rings (SSSR count). The molecule has 2 nitrogen and oxygen atoms in total. The number of rotatable bonds is 4. The van der Waals surface area contributed by atoms with Gasteiger partial charge in [-0.15, -0.1) is 0 Å². The third-order valence-corrected chi connectivity index (χ3v) is 2.86. The largest absolute Gasteiger partial charge is 0.389 e. The molecular formula is C14H12F2N2S. The molecular weight excluding hydrogens is 266 g/mol. The molecule has 0 amide bonds. The van der Waals surface area contributed by atoms with Crippen LogP contribution in [0.5, 0.6) is 0 Å². The number of thiocarbonyl (C=S) groups is 1. The first-order chi connectivity index (χ1) is 9.06. The van der Waals surface area contributed by atoms with Gasteiger partial charge in [0.05, 0.1) is 0 Å². The molecule has 0 unspecified atom stereocenters. The lowest BCUT2D eigenvalue weighted by molar-refractivity contribution is 0.626. The molecule has 0 fully saturated rings. The number of nitrogens with one attached hydrogen (secondary N) is 1. The van der Waals surface area contributed by atoms with E-state index >= 15 is 0 Å². The molecule has 3 N–H and O–H groups in total. The SMILES string of the molecule is NC(=S)c1ccc(NCc2ccc(F)cc2)cc1F. The van der Waals surface area contributed by atoms with Gasteiger partial charge in [0.25, 0.3) is 0 Å². The number of halogens is 2. The highest BCUT2D eigenvalue weighted by Gasteiger charge is 2.05. The van der Waals surface area contributed by atoms with Gasteiger partial charge in [-0.05, 0) is 35.9 Å². The van der Waals surface area contributed by atoms with E-state index in [0.29, 0.717) is 12.2 Å². The monoisotopic (exact) mass is 278 g/mol. The normalized spacial score (nSPS) is 10.2. The Hall–Kier alpha value is -2.01. The summed E-state index contributed by atoms with van der Waals surface area (Å²) in [5, 5.41) is 3.04. The molecule has 0 aliphatic carbocycles. The molecule has 19 heavy (non-hydrogen) atoms. The van der Waals surface area contributed by atoms with E-state index in [1.165, 1.54) is 24.3 Å². The first kappa shape index (κ1) is 13.4. The third-order valence-electron chi connectivity index (χ3n) is 2.64. The number of hydrogen-bond donors (Lipinski definition) is 2. The Kier molecular flexibility index (Phi) is 4.06. The first-order valence-electron chi connectivity index (χ1n) is 5.64. The van der Waals surface area contributed by atoms with Gasteiger partial charge in [-0.25, -0.2) is 8.78 Å². The van der Waals surface area contributed by atoms with Crippen molar-refractivity contribution < 1.29 is 8.78 Å². The minimum Gasteiger partial charge on any atom is -0.389 e. The quantitative estimate of drug-likeness (QED) is 0.843. The van der Waals surface area contributed by atoms with Crippen LogP contribution in [0.2, 0.25) is 0 Å². The maximum Gasteiger partial charge on any atom is 0.135 e. The van der Waals surface area contributed by atoms with Crippen molar-refractivity contribution in [1.29, 1.82) is 0 Å². The Morgan fingerprint density at radius 1 is 1.11 bits per heavy atom. The van der Waals surface area contributed by atoms with E-state index in [0.717, 1.165) is 5.56 Å². The molecule has 0 bridgehead atoms. The van der Waals surface area contributed by atoms with Crippen LogP contribution in [0.25, 0.3) is 0 Å². The van der Waals surface area contributed by atoms with E-state index in [4.69, 9.17) is 18.0 Å². The Bertz CT molecular complexity index is 597. The summed E-state index contributed by atoms with van der Waals surface area (Å²) in [6, 6.07) is 10.7. The molecule has 2 aromatic carbocycles. The van der Waals surface area contributed by atoms with E-state index in [2.05, 4.69) is 5.32 Å². The zero-order chi connectivity index (χ0) is 13.8. The number of benzene rings is 2. The van der Waals surface area contributed by atoms with E-state index in [1.807, 2.05) is 0 Å². The molecule has 0 aromatic heterocycles. The van der Waals surface area contributed by atoms with Crippen LogP contribution in [0.15, 0.2) is 42.5 Å². The van der Waals surface area contributed by atoms with Gasteiger partial charge in [0.1, 0.15) is 16.6 Å². The van der Waals surface area contributed by atoms with Crippen molar-refractivity contribution in [2.24, 2.45) is 5.73 Å². The highest BCUT2D eigenvalue weighted by molar-refractivity contribution is 7.80. The summed E-state index contributed by atoms with van der Waals surface area (Å²) in [5.74, 6) is -0.743. The van der Waals surface area contributed by atoms with Gasteiger partial charge in [-0.1, -0.05) is 24.4 Å². The molecule has 5 heteroatoms. The second kappa shape index (κ2) is 5.75. The summed E-state index contributed by atoms with van der Waals surface area (Å²) >= 11 is 4.73. The van der Waals surface area contributed by atoms with Gasteiger partial charge >= 0.3 is 0 Å². The minimum atomic E-state index is -0.461. The zero-order valence-corrected chi connectivity index (χ0v) is 10.8. The van der Waals surface area contributed by atoms with Crippen molar-refractivity contribution in [1.82, 2.24) is 0 Å². The van der Waals surface area contributed by atoms with Gasteiger partial charge < -0.3 is 11.1 Å². The topological polar surface area (TPSA) is 38.0 Å². The van der Waals surface area contributed by atoms with Gasteiger partial charge in [-0.3, -0.25) is 0 Å². The molecule has 98 valence electrons. The minimum absolute atomic E-state index is 0.0302. The second-order valence-corrected chi connectivity index (χ2v) is 4.48. The second-order valence-electron chi connectivity index (χ2n) is 4.04. The van der Waals surface area contributed by atoms with Crippen molar-refractivity contribution in [2.45, 2.75) is 6.54 Å². The van der Waals surface area contributed by atoms with Crippen LogP contribution in [-0.2, 0) is 6.54 Å². The maximum atomic E-state index is 13.6. The Morgan fingerprint density at radius 3 is 2.37 bits per heavy atom. The summed E-state index contributed by atoms with van der Waals surface area (Å²) < 4.78 is 26.4. The Labute approximate surface area is 115 Å². The standard InChI is InChI=1S/C14H12F2N2S/c15-10-3-1-9(2-4-10)8-18-11-5-6-12(14(17)19)13(16)7-11/h1-7,18H,8H2,(H2,17,19). The number of hydrogen-bond acceptors (Lipinski definition) is 2. The van der Waals surface area contributed by atoms with E-state index in [9.17, 15) is 8.78 Å². The fraction of sp³-hybridized carbons (Fsp3) is 0.0714. The molecule has 0 saturated carbocycles.